The lowest BCUT2D eigenvalue weighted by Gasteiger charge is -2.36. The number of ether oxygens (including phenoxy) is 1. The third-order valence-corrected chi connectivity index (χ3v) is 9.05. The quantitative estimate of drug-likeness (QED) is 0.429. The Hall–Kier alpha value is -2.66. The van der Waals surface area contributed by atoms with Crippen molar-refractivity contribution in [3.05, 3.63) is 53.1 Å². The van der Waals surface area contributed by atoms with Crippen molar-refractivity contribution < 1.29 is 23.1 Å². The molecular weight excluding hydrogens is 492 g/mol. The number of phenols is 1. The predicted octanol–water partition coefficient (Wildman–Crippen LogP) is 2.49. The molecule has 1 aliphatic heterocycles. The molecule has 2 aromatic carbocycles. The summed E-state index contributed by atoms with van der Waals surface area (Å²) in [7, 11) is 2.00. The number of sulfonamides is 1. The molecule has 2 aromatic rings. The minimum atomic E-state index is -3.75. The number of aromatic hydroxyl groups is 1. The van der Waals surface area contributed by atoms with Crippen LogP contribution in [-0.4, -0.2) is 88.7 Å². The Labute approximate surface area is 221 Å². The lowest BCUT2D eigenvalue weighted by molar-refractivity contribution is -0.125. The smallest absolute Gasteiger partial charge is 0.246 e. The van der Waals surface area contributed by atoms with Gasteiger partial charge in [0.15, 0.2) is 0 Å². The molecule has 1 aliphatic rings. The van der Waals surface area contributed by atoms with Gasteiger partial charge in [0.05, 0.1) is 11.5 Å². The molecule has 1 amide bonds. The van der Waals surface area contributed by atoms with Gasteiger partial charge in [-0.05, 0) is 81.7 Å². The summed E-state index contributed by atoms with van der Waals surface area (Å²) in [4.78, 5) is 17.1. The van der Waals surface area contributed by atoms with Gasteiger partial charge in [-0.1, -0.05) is 12.1 Å². The molecule has 204 valence electrons. The van der Waals surface area contributed by atoms with E-state index in [-0.39, 0.29) is 36.3 Å². The molecule has 1 heterocycles. The van der Waals surface area contributed by atoms with E-state index in [0.717, 1.165) is 31.5 Å². The van der Waals surface area contributed by atoms with Crippen molar-refractivity contribution in [3.8, 4) is 5.75 Å². The molecule has 1 saturated heterocycles. The van der Waals surface area contributed by atoms with Crippen LogP contribution in [0.5, 0.6) is 5.75 Å². The van der Waals surface area contributed by atoms with E-state index in [9.17, 15) is 18.3 Å². The second kappa shape index (κ2) is 12.7. The van der Waals surface area contributed by atoms with E-state index in [1.54, 1.807) is 13.8 Å². The van der Waals surface area contributed by atoms with Gasteiger partial charge in [0.1, 0.15) is 12.4 Å². The van der Waals surface area contributed by atoms with E-state index in [2.05, 4.69) is 41.3 Å². The standard InChI is InChI=1S/C27H40N4O5S/c1-20-16-25(32)17-21(2)27(20)37(34,35)30(5)14-15-36-19-26(33)28-18-22-6-8-24(9-7-22)31-12-10-23(11-13-31)29(3)4/h6-9,16-17,23,32H,10-15,18-19H2,1-5H3,(H,28,33). The number of aryl methyl sites for hydroxylation is 2. The van der Waals surface area contributed by atoms with Crippen LogP contribution in [0.25, 0.3) is 0 Å². The van der Waals surface area contributed by atoms with Crippen LogP contribution < -0.4 is 10.2 Å². The summed E-state index contributed by atoms with van der Waals surface area (Å²) in [6.07, 6.45) is 2.31. The van der Waals surface area contributed by atoms with Crippen LogP contribution in [0.2, 0.25) is 0 Å². The number of carbonyl (C=O) groups is 1. The number of nitrogens with zero attached hydrogens (tertiary/aromatic N) is 3. The average Bonchev–Trinajstić information content (AvgIpc) is 2.84. The maximum Gasteiger partial charge on any atom is 0.246 e. The van der Waals surface area contributed by atoms with Crippen LogP contribution in [0, 0.1) is 13.8 Å². The number of nitrogens with one attached hydrogen (secondary N) is 1. The highest BCUT2D eigenvalue weighted by Gasteiger charge is 2.25. The number of amides is 1. The Kier molecular flexibility index (Phi) is 9.94. The van der Waals surface area contributed by atoms with Crippen molar-refractivity contribution >= 4 is 21.6 Å². The fourth-order valence-electron chi connectivity index (χ4n) is 4.69. The van der Waals surface area contributed by atoms with Crippen molar-refractivity contribution in [3.63, 3.8) is 0 Å². The second-order valence-electron chi connectivity index (χ2n) is 9.91. The number of hydrogen-bond donors (Lipinski definition) is 2. The van der Waals surface area contributed by atoms with Crippen molar-refractivity contribution in [1.82, 2.24) is 14.5 Å². The van der Waals surface area contributed by atoms with Gasteiger partial charge in [0, 0.05) is 45.0 Å². The average molecular weight is 533 g/mol. The third-order valence-electron chi connectivity index (χ3n) is 6.88. The number of likely N-dealkylation sites (N-methyl/N-ethyl adjacent to an activating group) is 1. The van der Waals surface area contributed by atoms with Gasteiger partial charge in [-0.2, -0.15) is 4.31 Å². The Bertz CT molecular complexity index is 1140. The van der Waals surface area contributed by atoms with Crippen LogP contribution in [0.4, 0.5) is 5.69 Å². The van der Waals surface area contributed by atoms with Gasteiger partial charge in [0.25, 0.3) is 0 Å². The zero-order chi connectivity index (χ0) is 27.2. The number of piperidine rings is 1. The highest BCUT2D eigenvalue weighted by molar-refractivity contribution is 7.89. The monoisotopic (exact) mass is 532 g/mol. The molecule has 0 aliphatic carbocycles. The Morgan fingerprint density at radius 3 is 2.24 bits per heavy atom. The second-order valence-corrected chi connectivity index (χ2v) is 11.9. The summed E-state index contributed by atoms with van der Waals surface area (Å²) in [6.45, 7) is 5.82. The number of benzene rings is 2. The lowest BCUT2D eigenvalue weighted by Crippen LogP contribution is -2.41. The SMILES string of the molecule is Cc1cc(O)cc(C)c1S(=O)(=O)N(C)CCOCC(=O)NCc1ccc(N2CCC(N(C)C)CC2)cc1. The topological polar surface area (TPSA) is 102 Å². The molecule has 37 heavy (non-hydrogen) atoms. The van der Waals surface area contributed by atoms with Gasteiger partial charge >= 0.3 is 0 Å². The summed E-state index contributed by atoms with van der Waals surface area (Å²) in [6, 6.07) is 11.8. The first-order valence-corrected chi connectivity index (χ1v) is 14.0. The van der Waals surface area contributed by atoms with Crippen molar-refractivity contribution in [2.45, 2.75) is 44.2 Å². The van der Waals surface area contributed by atoms with E-state index >= 15 is 0 Å². The molecule has 2 N–H and O–H groups in total. The first-order chi connectivity index (χ1) is 17.5. The molecule has 9 nitrogen and oxygen atoms in total. The highest BCUT2D eigenvalue weighted by Crippen LogP contribution is 2.27. The number of anilines is 1. The number of carbonyl (C=O) groups excluding carboxylic acids is 1. The zero-order valence-electron chi connectivity index (χ0n) is 22.5. The zero-order valence-corrected chi connectivity index (χ0v) is 23.3. The normalized spacial score (nSPS) is 14.9. The molecule has 0 aromatic heterocycles. The predicted molar refractivity (Wildman–Crippen MR) is 145 cm³/mol. The molecule has 0 radical (unpaired) electrons. The van der Waals surface area contributed by atoms with E-state index in [1.807, 2.05) is 12.1 Å². The summed E-state index contributed by atoms with van der Waals surface area (Å²) >= 11 is 0. The minimum Gasteiger partial charge on any atom is -0.508 e. The van der Waals surface area contributed by atoms with Gasteiger partial charge in [0.2, 0.25) is 15.9 Å². The Morgan fingerprint density at radius 1 is 1.08 bits per heavy atom. The molecule has 0 bridgehead atoms. The Balaban J connectivity index is 1.39. The largest absolute Gasteiger partial charge is 0.508 e. The maximum absolute atomic E-state index is 12.9. The summed E-state index contributed by atoms with van der Waals surface area (Å²) < 4.78 is 32.5. The van der Waals surface area contributed by atoms with Crippen LogP contribution in [0.1, 0.15) is 29.5 Å². The van der Waals surface area contributed by atoms with E-state index in [1.165, 1.54) is 29.2 Å². The number of rotatable bonds is 11. The molecule has 10 heteroatoms. The molecule has 1 fully saturated rings. The molecule has 0 atom stereocenters. The summed E-state index contributed by atoms with van der Waals surface area (Å²) in [5.41, 5.74) is 3.16. The van der Waals surface area contributed by atoms with Crippen molar-refractivity contribution in [1.29, 1.82) is 0 Å². The minimum absolute atomic E-state index is 0.0298. The van der Waals surface area contributed by atoms with Crippen LogP contribution in [-0.2, 0) is 26.1 Å². The maximum atomic E-state index is 12.9. The van der Waals surface area contributed by atoms with Gasteiger partial charge < -0.3 is 25.0 Å². The van der Waals surface area contributed by atoms with Crippen LogP contribution in [0.15, 0.2) is 41.3 Å². The van der Waals surface area contributed by atoms with Gasteiger partial charge in [-0.3, -0.25) is 4.79 Å². The molecule has 0 saturated carbocycles. The van der Waals surface area contributed by atoms with E-state index in [4.69, 9.17) is 4.74 Å². The Morgan fingerprint density at radius 2 is 1.68 bits per heavy atom. The molecule has 3 rings (SSSR count). The summed E-state index contributed by atoms with van der Waals surface area (Å²) in [5, 5.41) is 12.5. The summed E-state index contributed by atoms with van der Waals surface area (Å²) in [5.74, 6) is -0.229. The fourth-order valence-corrected chi connectivity index (χ4v) is 6.24. The first kappa shape index (κ1) is 28.9. The van der Waals surface area contributed by atoms with Crippen molar-refractivity contribution in [2.24, 2.45) is 0 Å². The number of hydrogen-bond acceptors (Lipinski definition) is 7. The van der Waals surface area contributed by atoms with Crippen LogP contribution >= 0.6 is 0 Å². The molecule has 0 spiro atoms. The van der Waals surface area contributed by atoms with Crippen LogP contribution in [0.3, 0.4) is 0 Å². The van der Waals surface area contributed by atoms with E-state index in [0.29, 0.717) is 23.7 Å². The lowest BCUT2D eigenvalue weighted by atomic mass is 10.0. The van der Waals surface area contributed by atoms with Gasteiger partial charge in [-0.15, -0.1) is 0 Å². The molecule has 0 unspecified atom stereocenters. The highest BCUT2D eigenvalue weighted by atomic mass is 32.2. The molecular formula is C27H40N4O5S. The first-order valence-electron chi connectivity index (χ1n) is 12.6. The van der Waals surface area contributed by atoms with E-state index < -0.39 is 10.0 Å². The van der Waals surface area contributed by atoms with Gasteiger partial charge in [-0.25, -0.2) is 8.42 Å². The third kappa shape index (κ3) is 7.67. The fraction of sp³-hybridized carbons (Fsp3) is 0.519. The number of phenolic OH excluding ortho intramolecular Hbond substituents is 1. The van der Waals surface area contributed by atoms with Crippen molar-refractivity contribution in [2.75, 3.05) is 58.9 Å².